The maximum Gasteiger partial charge on any atom is 0.253 e. The maximum absolute atomic E-state index is 12.0. The van der Waals surface area contributed by atoms with Crippen LogP contribution >= 0.6 is 0 Å². The van der Waals surface area contributed by atoms with Gasteiger partial charge in [-0.25, -0.2) is 0 Å². The molecule has 0 saturated heterocycles. The first-order chi connectivity index (χ1) is 7.21. The van der Waals surface area contributed by atoms with E-state index in [0.717, 1.165) is 19.5 Å². The number of nitrogens with zero attached hydrogens (tertiary/aromatic N) is 1. The summed E-state index contributed by atoms with van der Waals surface area (Å²) in [6.07, 6.45) is 8.14. The molecule has 0 rings (SSSR count). The minimum absolute atomic E-state index is 0.0625. The van der Waals surface area contributed by atoms with Gasteiger partial charge in [0.2, 0.25) is 0 Å². The Morgan fingerprint density at radius 3 is 2.47 bits per heavy atom. The highest BCUT2D eigenvalue weighted by Gasteiger charge is 2.12. The summed E-state index contributed by atoms with van der Waals surface area (Å²) in [5.74, 6) is 0.0625. The number of carbonyl (C=O) groups excluding carboxylic acids is 1. The number of allylic oxidation sites excluding steroid dienone is 3. The second-order valence-corrected chi connectivity index (χ2v) is 3.24. The Balaban J connectivity index is 4.68. The molecule has 84 valence electrons. The summed E-state index contributed by atoms with van der Waals surface area (Å²) in [5, 5.41) is 0. The van der Waals surface area contributed by atoms with Crippen molar-refractivity contribution in [2.45, 2.75) is 27.2 Å². The van der Waals surface area contributed by atoms with Crippen molar-refractivity contribution in [3.05, 3.63) is 36.5 Å². The Labute approximate surface area is 93.0 Å². The molecule has 0 aliphatic heterocycles. The van der Waals surface area contributed by atoms with E-state index in [1.54, 1.807) is 12.2 Å². The predicted molar refractivity (Wildman–Crippen MR) is 65.6 cm³/mol. The summed E-state index contributed by atoms with van der Waals surface area (Å²) in [5.41, 5.74) is 0.656. The predicted octanol–water partition coefficient (Wildman–Crippen LogP) is 2.93. The summed E-state index contributed by atoms with van der Waals surface area (Å²) < 4.78 is 0. The third-order valence-electron chi connectivity index (χ3n) is 2.10. The van der Waals surface area contributed by atoms with Crippen LogP contribution in [0.4, 0.5) is 0 Å². The third-order valence-corrected chi connectivity index (χ3v) is 2.10. The van der Waals surface area contributed by atoms with Crippen molar-refractivity contribution in [3.8, 4) is 0 Å². The molecule has 0 aromatic carbocycles. The largest absolute Gasteiger partial charge is 0.339 e. The van der Waals surface area contributed by atoms with Crippen LogP contribution in [0.5, 0.6) is 0 Å². The zero-order valence-corrected chi connectivity index (χ0v) is 9.99. The van der Waals surface area contributed by atoms with Gasteiger partial charge in [-0.05, 0) is 26.3 Å². The van der Waals surface area contributed by atoms with E-state index in [0.29, 0.717) is 5.57 Å². The van der Waals surface area contributed by atoms with E-state index in [1.165, 1.54) is 0 Å². The van der Waals surface area contributed by atoms with Crippen molar-refractivity contribution in [1.29, 1.82) is 0 Å². The molecule has 0 atom stereocenters. The molecule has 0 bridgehead atoms. The van der Waals surface area contributed by atoms with Crippen LogP contribution in [-0.2, 0) is 4.79 Å². The zero-order valence-electron chi connectivity index (χ0n) is 9.99. The van der Waals surface area contributed by atoms with Crippen LogP contribution in [0.3, 0.4) is 0 Å². The van der Waals surface area contributed by atoms with Crippen molar-refractivity contribution >= 4 is 5.91 Å². The highest BCUT2D eigenvalue weighted by molar-refractivity contribution is 5.96. The van der Waals surface area contributed by atoms with Crippen molar-refractivity contribution in [1.82, 2.24) is 4.90 Å². The Morgan fingerprint density at radius 2 is 2.07 bits per heavy atom. The standard InChI is InChI=1S/C13H21NO/c1-5-9-10-12(7-3)13(15)14(8-4)11-6-2/h5,7,9-10H,3,6,8,11H2,1-2,4H3/b9-5-,12-10+. The van der Waals surface area contributed by atoms with E-state index >= 15 is 0 Å². The minimum atomic E-state index is 0.0625. The van der Waals surface area contributed by atoms with Crippen molar-refractivity contribution in [2.75, 3.05) is 13.1 Å². The molecule has 0 saturated carbocycles. The lowest BCUT2D eigenvalue weighted by molar-refractivity contribution is -0.126. The molecule has 0 fully saturated rings. The highest BCUT2D eigenvalue weighted by atomic mass is 16.2. The molecule has 0 aromatic heterocycles. The van der Waals surface area contributed by atoms with Gasteiger partial charge >= 0.3 is 0 Å². The molecular formula is C13H21NO. The molecule has 15 heavy (non-hydrogen) atoms. The number of carbonyl (C=O) groups is 1. The maximum atomic E-state index is 12.0. The van der Waals surface area contributed by atoms with Gasteiger partial charge in [0.25, 0.3) is 5.91 Å². The van der Waals surface area contributed by atoms with Gasteiger partial charge in [0.1, 0.15) is 0 Å². The second-order valence-electron chi connectivity index (χ2n) is 3.24. The van der Waals surface area contributed by atoms with Crippen molar-refractivity contribution in [2.24, 2.45) is 0 Å². The molecule has 0 radical (unpaired) electrons. The summed E-state index contributed by atoms with van der Waals surface area (Å²) in [6.45, 7) is 11.2. The average Bonchev–Trinajstić information content (AvgIpc) is 2.26. The lowest BCUT2D eigenvalue weighted by atomic mass is 10.2. The van der Waals surface area contributed by atoms with Gasteiger partial charge in [-0.3, -0.25) is 4.79 Å². The van der Waals surface area contributed by atoms with E-state index in [1.807, 2.05) is 30.9 Å². The zero-order chi connectivity index (χ0) is 11.7. The van der Waals surface area contributed by atoms with Crippen LogP contribution in [0, 0.1) is 0 Å². The normalized spacial score (nSPS) is 11.8. The number of likely N-dealkylation sites (N-methyl/N-ethyl adjacent to an activating group) is 1. The molecule has 0 aromatic rings. The smallest absolute Gasteiger partial charge is 0.253 e. The molecule has 0 heterocycles. The first-order valence-corrected chi connectivity index (χ1v) is 5.45. The summed E-state index contributed by atoms with van der Waals surface area (Å²) in [6, 6.07) is 0. The Bertz CT molecular complexity index is 264. The molecular weight excluding hydrogens is 186 g/mol. The third kappa shape index (κ3) is 4.63. The molecule has 1 amide bonds. The van der Waals surface area contributed by atoms with Gasteiger partial charge < -0.3 is 4.90 Å². The van der Waals surface area contributed by atoms with E-state index in [-0.39, 0.29) is 5.91 Å². The van der Waals surface area contributed by atoms with Gasteiger partial charge in [0.05, 0.1) is 0 Å². The topological polar surface area (TPSA) is 20.3 Å². The Hall–Kier alpha value is -1.31. The van der Waals surface area contributed by atoms with E-state index < -0.39 is 0 Å². The quantitative estimate of drug-likeness (QED) is 0.484. The minimum Gasteiger partial charge on any atom is -0.339 e. The molecule has 0 N–H and O–H groups in total. The molecule has 0 unspecified atom stereocenters. The van der Waals surface area contributed by atoms with Crippen LogP contribution in [0.25, 0.3) is 0 Å². The van der Waals surface area contributed by atoms with Crippen LogP contribution in [0.15, 0.2) is 36.5 Å². The van der Waals surface area contributed by atoms with Crippen LogP contribution in [0.2, 0.25) is 0 Å². The van der Waals surface area contributed by atoms with E-state index in [2.05, 4.69) is 13.5 Å². The lowest BCUT2D eigenvalue weighted by Gasteiger charge is -2.20. The fourth-order valence-electron chi connectivity index (χ4n) is 1.28. The molecule has 0 aliphatic carbocycles. The van der Waals surface area contributed by atoms with Gasteiger partial charge in [0, 0.05) is 18.7 Å². The molecule has 2 heteroatoms. The fraction of sp³-hybridized carbons (Fsp3) is 0.462. The molecule has 0 aliphatic rings. The monoisotopic (exact) mass is 207 g/mol. The van der Waals surface area contributed by atoms with Gasteiger partial charge in [-0.15, -0.1) is 0 Å². The van der Waals surface area contributed by atoms with Crippen LogP contribution < -0.4 is 0 Å². The SMILES string of the molecule is C=C/C(=C\C=C/C)C(=O)N(CC)CCC. The molecule has 0 spiro atoms. The lowest BCUT2D eigenvalue weighted by Crippen LogP contribution is -2.32. The first-order valence-electron chi connectivity index (χ1n) is 5.45. The fourth-order valence-corrected chi connectivity index (χ4v) is 1.28. The van der Waals surface area contributed by atoms with Crippen molar-refractivity contribution in [3.63, 3.8) is 0 Å². The summed E-state index contributed by atoms with van der Waals surface area (Å²) in [7, 11) is 0. The Kier molecular flexibility index (Phi) is 7.33. The first kappa shape index (κ1) is 13.7. The van der Waals surface area contributed by atoms with Crippen molar-refractivity contribution < 1.29 is 4.79 Å². The van der Waals surface area contributed by atoms with Gasteiger partial charge in [-0.2, -0.15) is 0 Å². The average molecular weight is 207 g/mol. The van der Waals surface area contributed by atoms with E-state index in [4.69, 9.17) is 0 Å². The number of amides is 1. The van der Waals surface area contributed by atoms with Gasteiger partial charge in [-0.1, -0.05) is 31.7 Å². The highest BCUT2D eigenvalue weighted by Crippen LogP contribution is 2.04. The summed E-state index contributed by atoms with van der Waals surface area (Å²) in [4.78, 5) is 13.8. The van der Waals surface area contributed by atoms with E-state index in [9.17, 15) is 4.79 Å². The van der Waals surface area contributed by atoms with Crippen LogP contribution in [0.1, 0.15) is 27.2 Å². The molecule has 2 nitrogen and oxygen atoms in total. The Morgan fingerprint density at radius 1 is 1.40 bits per heavy atom. The van der Waals surface area contributed by atoms with Crippen LogP contribution in [-0.4, -0.2) is 23.9 Å². The number of hydrogen-bond donors (Lipinski definition) is 0. The summed E-state index contributed by atoms with van der Waals surface area (Å²) >= 11 is 0. The number of rotatable bonds is 6. The second kappa shape index (κ2) is 8.04. The number of hydrogen-bond acceptors (Lipinski definition) is 1. The van der Waals surface area contributed by atoms with Gasteiger partial charge in [0.15, 0.2) is 0 Å².